The Morgan fingerprint density at radius 3 is 2.11 bits per heavy atom. The highest BCUT2D eigenvalue weighted by Gasteiger charge is 2.24. The Bertz CT molecular complexity index is 909. The van der Waals surface area contributed by atoms with Gasteiger partial charge in [0.2, 0.25) is 16.0 Å². The van der Waals surface area contributed by atoms with Gasteiger partial charge in [-0.3, -0.25) is 4.79 Å². The number of aromatic nitrogens is 2. The summed E-state index contributed by atoms with van der Waals surface area (Å²) in [5, 5.41) is 0. The monoisotopic (exact) mass is 453 g/mol. The third kappa shape index (κ3) is 4.28. The fourth-order valence-electron chi connectivity index (χ4n) is 2.74. The molecule has 0 radical (unpaired) electrons. The topological polar surface area (TPSA) is 86.7 Å². The first-order valence-electron chi connectivity index (χ1n) is 8.33. The number of hydrogen-bond donors (Lipinski definition) is 0. The van der Waals surface area contributed by atoms with E-state index in [1.807, 2.05) is 4.90 Å². The zero-order chi connectivity index (χ0) is 19.6. The van der Waals surface area contributed by atoms with Crippen LogP contribution >= 0.6 is 15.9 Å². The summed E-state index contributed by atoms with van der Waals surface area (Å²) >= 11 is 3.31. The molecule has 27 heavy (non-hydrogen) atoms. The molecule has 10 heteroatoms. The summed E-state index contributed by atoms with van der Waals surface area (Å²) in [6.07, 6.45) is 3.40. The Balaban J connectivity index is 1.65. The molecule has 1 aromatic heterocycles. The van der Waals surface area contributed by atoms with Gasteiger partial charge in [0.15, 0.2) is 0 Å². The summed E-state index contributed by atoms with van der Waals surface area (Å²) in [6, 6.07) is 6.05. The Hall–Kier alpha value is -2.04. The molecule has 144 valence electrons. The summed E-state index contributed by atoms with van der Waals surface area (Å²) < 4.78 is 26.2. The summed E-state index contributed by atoms with van der Waals surface area (Å²) in [5.41, 5.74) is 0.473. The van der Waals surface area contributed by atoms with Crippen LogP contribution in [0.5, 0.6) is 0 Å². The molecular weight excluding hydrogens is 434 g/mol. The average molecular weight is 454 g/mol. The lowest BCUT2D eigenvalue weighted by Gasteiger charge is -2.34. The number of amides is 1. The van der Waals surface area contributed by atoms with Crippen LogP contribution < -0.4 is 4.90 Å². The first kappa shape index (κ1) is 19.7. The summed E-state index contributed by atoms with van der Waals surface area (Å²) in [6.45, 7) is 2.38. The highest BCUT2D eigenvalue weighted by molar-refractivity contribution is 9.10. The van der Waals surface area contributed by atoms with E-state index in [2.05, 4.69) is 25.9 Å². The fourth-order valence-corrected chi connectivity index (χ4v) is 3.85. The zero-order valence-corrected chi connectivity index (χ0v) is 17.4. The van der Waals surface area contributed by atoms with Gasteiger partial charge in [-0.1, -0.05) is 0 Å². The molecule has 8 nitrogen and oxygen atoms in total. The van der Waals surface area contributed by atoms with Gasteiger partial charge >= 0.3 is 0 Å². The molecule has 2 heterocycles. The molecule has 0 aliphatic carbocycles. The van der Waals surface area contributed by atoms with E-state index in [9.17, 15) is 13.2 Å². The highest BCUT2D eigenvalue weighted by atomic mass is 79.9. The number of benzene rings is 1. The minimum Gasteiger partial charge on any atom is -0.337 e. The molecule has 0 atom stereocenters. The third-order valence-electron chi connectivity index (χ3n) is 4.34. The van der Waals surface area contributed by atoms with Crippen LogP contribution in [0.25, 0.3) is 0 Å². The van der Waals surface area contributed by atoms with Crippen molar-refractivity contribution in [3.8, 4) is 0 Å². The second-order valence-corrected chi connectivity index (χ2v) is 9.36. The SMILES string of the molecule is CN(C)S(=O)(=O)c1ccc(C(=O)N2CCN(c3ncc(Br)cn3)CC2)cc1. The molecule has 0 N–H and O–H groups in total. The predicted molar refractivity (Wildman–Crippen MR) is 105 cm³/mol. The van der Waals surface area contributed by atoms with Crippen molar-refractivity contribution in [1.82, 2.24) is 19.2 Å². The number of nitrogens with zero attached hydrogens (tertiary/aromatic N) is 5. The normalized spacial score (nSPS) is 15.3. The van der Waals surface area contributed by atoms with Gasteiger partial charge in [0.1, 0.15) is 0 Å². The lowest BCUT2D eigenvalue weighted by atomic mass is 10.2. The maximum absolute atomic E-state index is 12.7. The minimum absolute atomic E-state index is 0.111. The molecular formula is C17H20BrN5O3S. The van der Waals surface area contributed by atoms with Crippen molar-refractivity contribution < 1.29 is 13.2 Å². The Morgan fingerprint density at radius 2 is 1.59 bits per heavy atom. The average Bonchev–Trinajstić information content (AvgIpc) is 2.68. The van der Waals surface area contributed by atoms with E-state index < -0.39 is 10.0 Å². The first-order chi connectivity index (χ1) is 12.8. The smallest absolute Gasteiger partial charge is 0.253 e. The lowest BCUT2D eigenvalue weighted by molar-refractivity contribution is 0.0746. The molecule has 0 unspecified atom stereocenters. The molecule has 1 aliphatic rings. The van der Waals surface area contributed by atoms with Crippen LogP contribution in [0.1, 0.15) is 10.4 Å². The quantitative estimate of drug-likeness (QED) is 0.695. The van der Waals surface area contributed by atoms with Crippen molar-refractivity contribution in [2.45, 2.75) is 4.90 Å². The highest BCUT2D eigenvalue weighted by Crippen LogP contribution is 2.17. The van der Waals surface area contributed by atoms with Gasteiger partial charge in [-0.15, -0.1) is 0 Å². The van der Waals surface area contributed by atoms with Gasteiger partial charge in [-0.2, -0.15) is 0 Å². The predicted octanol–water partition coefficient (Wildman–Crippen LogP) is 1.45. The largest absolute Gasteiger partial charge is 0.337 e. The molecule has 2 aromatic rings. The third-order valence-corrected chi connectivity index (χ3v) is 6.58. The number of rotatable bonds is 4. The van der Waals surface area contributed by atoms with Crippen molar-refractivity contribution in [2.24, 2.45) is 0 Å². The minimum atomic E-state index is -3.50. The van der Waals surface area contributed by atoms with E-state index in [1.165, 1.54) is 26.2 Å². The van der Waals surface area contributed by atoms with Crippen LogP contribution in [-0.2, 0) is 10.0 Å². The van der Waals surface area contributed by atoms with Gasteiger partial charge in [-0.25, -0.2) is 22.7 Å². The number of carbonyl (C=O) groups is 1. The van der Waals surface area contributed by atoms with E-state index in [4.69, 9.17) is 0 Å². The number of anilines is 1. The van der Waals surface area contributed by atoms with E-state index in [0.29, 0.717) is 37.7 Å². The van der Waals surface area contributed by atoms with E-state index >= 15 is 0 Å². The van der Waals surface area contributed by atoms with Crippen LogP contribution in [0.3, 0.4) is 0 Å². The van der Waals surface area contributed by atoms with E-state index in [1.54, 1.807) is 29.4 Å². The Kier molecular flexibility index (Phi) is 5.78. The van der Waals surface area contributed by atoms with Gasteiger partial charge in [0.25, 0.3) is 5.91 Å². The Labute approximate surface area is 167 Å². The number of piperazine rings is 1. The van der Waals surface area contributed by atoms with Gasteiger partial charge in [-0.05, 0) is 40.2 Å². The summed E-state index contributed by atoms with van der Waals surface area (Å²) in [7, 11) is -0.550. The molecule has 1 aromatic carbocycles. The van der Waals surface area contributed by atoms with Crippen molar-refractivity contribution >= 4 is 37.8 Å². The molecule has 1 aliphatic heterocycles. The molecule has 3 rings (SSSR count). The first-order valence-corrected chi connectivity index (χ1v) is 10.6. The maximum Gasteiger partial charge on any atom is 0.253 e. The van der Waals surface area contributed by atoms with Crippen molar-refractivity contribution in [2.75, 3.05) is 45.2 Å². The molecule has 0 bridgehead atoms. The summed E-state index contributed by atoms with van der Waals surface area (Å²) in [5.74, 6) is 0.531. The van der Waals surface area contributed by atoms with Crippen molar-refractivity contribution in [1.29, 1.82) is 0 Å². The van der Waals surface area contributed by atoms with Crippen LogP contribution in [0.2, 0.25) is 0 Å². The van der Waals surface area contributed by atoms with E-state index in [-0.39, 0.29) is 10.8 Å². The van der Waals surface area contributed by atoms with Crippen LogP contribution in [0.15, 0.2) is 46.0 Å². The number of halogens is 1. The molecule has 1 fully saturated rings. The fraction of sp³-hybridized carbons (Fsp3) is 0.353. The Morgan fingerprint density at radius 1 is 1.04 bits per heavy atom. The van der Waals surface area contributed by atoms with Crippen molar-refractivity contribution in [3.05, 3.63) is 46.7 Å². The molecule has 1 saturated heterocycles. The molecule has 1 amide bonds. The second-order valence-electron chi connectivity index (χ2n) is 6.29. The number of hydrogen-bond acceptors (Lipinski definition) is 6. The zero-order valence-electron chi connectivity index (χ0n) is 15.0. The molecule has 0 spiro atoms. The lowest BCUT2D eigenvalue weighted by Crippen LogP contribution is -2.49. The van der Waals surface area contributed by atoms with Gasteiger partial charge in [0, 0.05) is 58.2 Å². The van der Waals surface area contributed by atoms with Crippen LogP contribution in [0, 0.1) is 0 Å². The van der Waals surface area contributed by atoms with Gasteiger partial charge in [0.05, 0.1) is 9.37 Å². The number of carbonyl (C=O) groups excluding carboxylic acids is 1. The summed E-state index contributed by atoms with van der Waals surface area (Å²) in [4.78, 5) is 25.2. The maximum atomic E-state index is 12.7. The van der Waals surface area contributed by atoms with Crippen LogP contribution in [-0.4, -0.2) is 73.8 Å². The number of sulfonamides is 1. The van der Waals surface area contributed by atoms with E-state index in [0.717, 1.165) is 8.78 Å². The van der Waals surface area contributed by atoms with Gasteiger partial charge < -0.3 is 9.80 Å². The molecule has 0 saturated carbocycles. The van der Waals surface area contributed by atoms with Crippen molar-refractivity contribution in [3.63, 3.8) is 0 Å². The second kappa shape index (κ2) is 7.91. The standard InChI is InChI=1S/C17H20BrN5O3S/c1-21(2)27(25,26)15-5-3-13(4-6-15)16(24)22-7-9-23(10-8-22)17-19-11-14(18)12-20-17/h3-6,11-12H,7-10H2,1-2H3. The van der Waals surface area contributed by atoms with Crippen LogP contribution in [0.4, 0.5) is 5.95 Å².